The van der Waals surface area contributed by atoms with Crippen LogP contribution in [0.15, 0.2) is 158 Å². The van der Waals surface area contributed by atoms with Crippen molar-refractivity contribution in [2.45, 2.75) is 184 Å². The Morgan fingerprint density at radius 1 is 0.490 bits per heavy atom. The molecule has 2 aliphatic rings. The molecule has 0 bridgehead atoms. The third kappa shape index (κ3) is 21.5. The van der Waals surface area contributed by atoms with Crippen LogP contribution in [-0.2, 0) is 82.2 Å². The quantitative estimate of drug-likeness (QED) is 0.0439. The highest BCUT2D eigenvalue weighted by Crippen LogP contribution is 2.47. The molecule has 6 aromatic rings. The number of hydrogen-bond donors (Lipinski definition) is 4. The number of carbonyl (C=O) groups excluding carboxylic acids is 4. The molecule has 2 aliphatic heterocycles. The lowest BCUT2D eigenvalue weighted by atomic mass is 9.76. The van der Waals surface area contributed by atoms with Crippen LogP contribution in [0.4, 0.5) is 71.9 Å². The number of nitrogens with zero attached hydrogens (tertiary/aromatic N) is 2. The van der Waals surface area contributed by atoms with E-state index in [1.165, 1.54) is 18.7 Å². The van der Waals surface area contributed by atoms with Crippen LogP contribution in [0.1, 0.15) is 155 Å². The van der Waals surface area contributed by atoms with E-state index in [-0.39, 0.29) is 69.7 Å². The number of carboxylic acid groups (broad SMARTS) is 1. The predicted molar refractivity (Wildman–Crippen MR) is 348 cm³/mol. The summed E-state index contributed by atoms with van der Waals surface area (Å²) >= 11 is 0. The molecule has 2 fully saturated rings. The average molecular weight is 1450 g/mol. The fraction of sp³-hybridized carbons (Fsp3) is 0.438. The molecule has 29 heteroatoms. The fourth-order valence-electron chi connectivity index (χ4n) is 12.2. The number of carboxylic acids is 1. The summed E-state index contributed by atoms with van der Waals surface area (Å²) in [6, 6.07) is 32.9. The summed E-state index contributed by atoms with van der Waals surface area (Å²) in [6.45, 7) is 11.2. The zero-order valence-corrected chi connectivity index (χ0v) is 57.0. The van der Waals surface area contributed by atoms with Gasteiger partial charge in [0.05, 0.1) is 89.3 Å². The summed E-state index contributed by atoms with van der Waals surface area (Å²) in [5.74, 6) is -1.33. The van der Waals surface area contributed by atoms with Gasteiger partial charge in [-0.25, -0.2) is 19.2 Å². The van der Waals surface area contributed by atoms with Gasteiger partial charge < -0.3 is 49.9 Å². The maximum absolute atomic E-state index is 14.3. The van der Waals surface area contributed by atoms with Gasteiger partial charge in [-0.05, 0) is 151 Å². The van der Waals surface area contributed by atoms with Crippen LogP contribution in [0, 0.1) is 0 Å². The van der Waals surface area contributed by atoms with E-state index in [0.717, 1.165) is 4.90 Å². The normalized spacial score (nSPS) is 20.4. The molecule has 0 unspecified atom stereocenters. The van der Waals surface area contributed by atoms with Crippen molar-refractivity contribution in [3.8, 4) is 0 Å². The van der Waals surface area contributed by atoms with E-state index in [2.05, 4.69) is 10.6 Å². The first-order chi connectivity index (χ1) is 47.5. The average Bonchev–Trinajstić information content (AvgIpc) is 0.747. The summed E-state index contributed by atoms with van der Waals surface area (Å²) in [5.41, 5.74) is -2.91. The summed E-state index contributed by atoms with van der Waals surface area (Å²) in [5, 5.41) is 15.6. The van der Waals surface area contributed by atoms with Crippen molar-refractivity contribution in [3.05, 3.63) is 213 Å². The first-order valence-corrected chi connectivity index (χ1v) is 32.4. The molecule has 5 N–H and O–H groups in total. The number of benzene rings is 6. The van der Waals surface area contributed by atoms with Crippen LogP contribution in [0.3, 0.4) is 0 Å². The number of halogens is 12. The third-order valence-electron chi connectivity index (χ3n) is 17.0. The van der Waals surface area contributed by atoms with Crippen molar-refractivity contribution < 1.29 is 110 Å². The van der Waals surface area contributed by atoms with Crippen molar-refractivity contribution in [1.29, 1.82) is 0 Å². The third-order valence-corrected chi connectivity index (χ3v) is 17.0. The molecular weight excluding hydrogens is 1370 g/mol. The van der Waals surface area contributed by atoms with E-state index in [1.807, 2.05) is 0 Å². The number of nitrogens with two attached hydrogens (primary N) is 1. The Kier molecular flexibility index (Phi) is 25.9. The van der Waals surface area contributed by atoms with Gasteiger partial charge in [-0.2, -0.15) is 52.7 Å². The first kappa shape index (κ1) is 80.2. The zero-order chi connectivity index (χ0) is 75.4. The molecule has 102 heavy (non-hydrogen) atoms. The second-order valence-corrected chi connectivity index (χ2v) is 26.8. The van der Waals surface area contributed by atoms with E-state index >= 15 is 0 Å². The molecule has 4 amide bonds. The highest BCUT2D eigenvalue weighted by atomic mass is 19.4. The van der Waals surface area contributed by atoms with Gasteiger partial charge in [0.2, 0.25) is 0 Å². The van der Waals surface area contributed by atoms with Crippen molar-refractivity contribution in [2.24, 2.45) is 5.73 Å². The molecule has 0 aliphatic carbocycles. The van der Waals surface area contributed by atoms with Crippen LogP contribution < -0.4 is 16.4 Å². The van der Waals surface area contributed by atoms with Crippen molar-refractivity contribution >= 4 is 30.3 Å². The number of aliphatic carboxylic acids is 1. The summed E-state index contributed by atoms with van der Waals surface area (Å²) in [7, 11) is 0. The monoisotopic (exact) mass is 1450 g/mol. The minimum atomic E-state index is -5.09. The number of alkyl halides is 12. The molecular formula is C73H81F12N5O12. The number of piperidine rings is 2. The lowest BCUT2D eigenvalue weighted by molar-refractivity contribution is -0.145. The van der Waals surface area contributed by atoms with Crippen LogP contribution in [0.2, 0.25) is 0 Å². The summed E-state index contributed by atoms with van der Waals surface area (Å²) in [6.07, 6.45) is -26.6. The Hall–Kier alpha value is -9.09. The number of nitrogens with one attached hydrogen (secondary N) is 2. The standard InChI is InChI=1S/C37H40F6N2O7.C36H41F6N3O5/c1-23(25-17-27(36(38,39)40)19-28(18-25)37(41,42)43)51-22-35(26-13-9-6-10-14-26)16-15-29(44-32(48)52-34(2,3)4)30(20-31(46)47)45(35)33(49)50-21-24-11-7-5-8-12-24;1-23(25-17-27(35(37,38)39)19-28(18-25)36(40,41)42)49-22-34(26-13-9-6-10-14-26)16-15-29(44-31(46)50-33(2,3)4)30(20-43)45(34)32(47)48-21-24-11-7-5-8-12-24/h5-14,17-19,23,29-30H,15-16,20-22H2,1-4H3,(H,44,48)(H,46,47);5-14,17-19,23,29-30H,15-16,20-22,43H2,1-4H3,(H,44,46)/t23-,29+,30-,35-;23-,29+,30-,34-/m11/s1. The Bertz CT molecular complexity index is 3720. The molecule has 0 aromatic heterocycles. The van der Waals surface area contributed by atoms with Crippen molar-refractivity contribution in [3.63, 3.8) is 0 Å². The second kappa shape index (κ2) is 32.9. The summed E-state index contributed by atoms with van der Waals surface area (Å²) in [4.78, 5) is 69.2. The number of rotatable bonds is 19. The molecule has 0 radical (unpaired) electrons. The number of hydrogen-bond acceptors (Lipinski definition) is 12. The van der Waals surface area contributed by atoms with Crippen molar-refractivity contribution in [1.82, 2.24) is 20.4 Å². The molecule has 2 saturated heterocycles. The smallest absolute Gasteiger partial charge is 0.416 e. The molecule has 17 nitrogen and oxygen atoms in total. The van der Waals surface area contributed by atoms with Gasteiger partial charge in [-0.3, -0.25) is 14.6 Å². The number of likely N-dealkylation sites (tertiary alicyclic amines) is 2. The van der Waals surface area contributed by atoms with E-state index in [1.54, 1.807) is 163 Å². The van der Waals surface area contributed by atoms with Gasteiger partial charge in [0, 0.05) is 6.54 Å². The Labute approximate surface area is 581 Å². The molecule has 2 heterocycles. The van der Waals surface area contributed by atoms with Gasteiger partial charge in [0.15, 0.2) is 0 Å². The Morgan fingerprint density at radius 3 is 1.09 bits per heavy atom. The minimum absolute atomic E-state index is 0.00283. The van der Waals surface area contributed by atoms with Gasteiger partial charge in [-0.15, -0.1) is 0 Å². The molecule has 0 saturated carbocycles. The van der Waals surface area contributed by atoms with Crippen LogP contribution in [0.5, 0.6) is 0 Å². The lowest BCUT2D eigenvalue weighted by Gasteiger charge is -2.53. The number of ether oxygens (including phenoxy) is 6. The molecule has 8 atom stereocenters. The fourth-order valence-corrected chi connectivity index (χ4v) is 12.2. The molecule has 8 rings (SSSR count). The maximum Gasteiger partial charge on any atom is 0.416 e. The Morgan fingerprint density at radius 2 is 0.794 bits per heavy atom. The SMILES string of the molecule is C[C@@H](OC[C@@]1(c2ccccc2)CC[C@H](NC(=O)OC(C)(C)C)[C@@H](CC(=O)O)N1C(=O)OCc1ccccc1)c1cc(C(F)(F)F)cc(C(F)(F)F)c1.C[C@@H](OC[C@@]1(c2ccccc2)CC[C@H](NC(=O)OC(C)(C)C)[C@@H](CN)N1C(=O)OCc1ccccc1)c1cc(C(F)(F)F)cc(C(F)(F)F)c1. The highest BCUT2D eigenvalue weighted by Gasteiger charge is 2.55. The molecule has 554 valence electrons. The zero-order valence-electron chi connectivity index (χ0n) is 57.0. The topological polar surface area (TPSA) is 218 Å². The first-order valence-electron chi connectivity index (χ1n) is 32.4. The van der Waals surface area contributed by atoms with Crippen LogP contribution >= 0.6 is 0 Å². The van der Waals surface area contributed by atoms with Gasteiger partial charge in [-0.1, -0.05) is 121 Å². The van der Waals surface area contributed by atoms with Gasteiger partial charge in [0.25, 0.3) is 0 Å². The Balaban J connectivity index is 0.000000286. The molecule has 6 aromatic carbocycles. The highest BCUT2D eigenvalue weighted by molar-refractivity contribution is 5.75. The lowest BCUT2D eigenvalue weighted by Crippen LogP contribution is -2.68. The van der Waals surface area contributed by atoms with Crippen LogP contribution in [0.25, 0.3) is 0 Å². The van der Waals surface area contributed by atoms with Gasteiger partial charge in [0.1, 0.15) is 24.4 Å². The largest absolute Gasteiger partial charge is 0.481 e. The van der Waals surface area contributed by atoms with E-state index in [9.17, 15) is 81.8 Å². The maximum atomic E-state index is 14.3. The van der Waals surface area contributed by atoms with Crippen molar-refractivity contribution in [2.75, 3.05) is 19.8 Å². The number of carbonyl (C=O) groups is 5. The predicted octanol–water partition coefficient (Wildman–Crippen LogP) is 17.2. The number of amides is 4. The summed E-state index contributed by atoms with van der Waals surface area (Å²) < 4.78 is 199. The second-order valence-electron chi connectivity index (χ2n) is 26.8. The minimum Gasteiger partial charge on any atom is -0.481 e. The molecule has 0 spiro atoms. The van der Waals surface area contributed by atoms with E-state index in [4.69, 9.17) is 34.2 Å². The number of alkyl carbamates (subject to hydrolysis) is 2. The van der Waals surface area contributed by atoms with E-state index < -0.39 is 155 Å². The van der Waals surface area contributed by atoms with E-state index in [0.29, 0.717) is 46.5 Å². The van der Waals surface area contributed by atoms with Gasteiger partial charge >= 0.3 is 55.0 Å². The van der Waals surface area contributed by atoms with Crippen LogP contribution in [-0.4, -0.2) is 100 Å².